The average molecular weight is 317 g/mol. The highest BCUT2D eigenvalue weighted by molar-refractivity contribution is 5.94. The van der Waals surface area contributed by atoms with E-state index in [9.17, 15) is 13.6 Å². The normalized spacial score (nSPS) is 15.7. The van der Waals surface area contributed by atoms with Gasteiger partial charge in [-0.05, 0) is 29.8 Å². The van der Waals surface area contributed by atoms with E-state index in [0.29, 0.717) is 13.1 Å². The second-order valence-corrected chi connectivity index (χ2v) is 5.55. The van der Waals surface area contributed by atoms with E-state index < -0.39 is 11.6 Å². The van der Waals surface area contributed by atoms with Crippen molar-refractivity contribution in [1.82, 2.24) is 14.8 Å². The van der Waals surface area contributed by atoms with Gasteiger partial charge in [0, 0.05) is 51.2 Å². The monoisotopic (exact) mass is 317 g/mol. The van der Waals surface area contributed by atoms with Gasteiger partial charge in [0.1, 0.15) is 11.6 Å². The van der Waals surface area contributed by atoms with Crippen molar-refractivity contribution in [3.8, 4) is 0 Å². The molecule has 0 saturated carbocycles. The molecule has 0 radical (unpaired) electrons. The van der Waals surface area contributed by atoms with Crippen molar-refractivity contribution in [2.24, 2.45) is 0 Å². The second-order valence-electron chi connectivity index (χ2n) is 5.55. The largest absolute Gasteiger partial charge is 0.336 e. The number of hydrogen-bond acceptors (Lipinski definition) is 3. The topological polar surface area (TPSA) is 36.4 Å². The maximum absolute atomic E-state index is 13.7. The Morgan fingerprint density at radius 2 is 1.74 bits per heavy atom. The van der Waals surface area contributed by atoms with Crippen LogP contribution in [0.15, 0.2) is 42.7 Å². The lowest BCUT2D eigenvalue weighted by Gasteiger charge is -2.34. The molecule has 1 aromatic carbocycles. The Bertz CT molecular complexity index is 685. The smallest absolute Gasteiger partial charge is 0.256 e. The third-order valence-electron chi connectivity index (χ3n) is 3.98. The Kier molecular flexibility index (Phi) is 4.62. The lowest BCUT2D eigenvalue weighted by molar-refractivity contribution is 0.0624. The van der Waals surface area contributed by atoms with Crippen molar-refractivity contribution < 1.29 is 13.6 Å². The van der Waals surface area contributed by atoms with Crippen LogP contribution in [-0.2, 0) is 6.54 Å². The van der Waals surface area contributed by atoms with Gasteiger partial charge in [-0.3, -0.25) is 14.7 Å². The van der Waals surface area contributed by atoms with E-state index in [1.165, 1.54) is 11.6 Å². The number of carbonyl (C=O) groups excluding carboxylic acids is 1. The Hall–Kier alpha value is -2.34. The summed E-state index contributed by atoms with van der Waals surface area (Å²) in [6, 6.07) is 6.98. The number of benzene rings is 1. The quantitative estimate of drug-likeness (QED) is 0.872. The average Bonchev–Trinajstić information content (AvgIpc) is 2.56. The van der Waals surface area contributed by atoms with Gasteiger partial charge in [0.2, 0.25) is 0 Å². The summed E-state index contributed by atoms with van der Waals surface area (Å²) in [5.74, 6) is -1.87. The van der Waals surface area contributed by atoms with Crippen LogP contribution >= 0.6 is 0 Å². The van der Waals surface area contributed by atoms with Crippen LogP contribution in [-0.4, -0.2) is 46.9 Å². The molecule has 0 spiro atoms. The summed E-state index contributed by atoms with van der Waals surface area (Å²) in [4.78, 5) is 20.2. The molecule has 6 heteroatoms. The molecule has 0 bridgehead atoms. The van der Waals surface area contributed by atoms with Crippen LogP contribution in [0, 0.1) is 11.6 Å². The van der Waals surface area contributed by atoms with Crippen LogP contribution in [0.4, 0.5) is 8.78 Å². The summed E-state index contributed by atoms with van der Waals surface area (Å²) in [7, 11) is 0. The fourth-order valence-electron chi connectivity index (χ4n) is 2.69. The van der Waals surface area contributed by atoms with E-state index in [0.717, 1.165) is 31.8 Å². The molecule has 23 heavy (non-hydrogen) atoms. The van der Waals surface area contributed by atoms with Crippen molar-refractivity contribution in [1.29, 1.82) is 0 Å². The summed E-state index contributed by atoms with van der Waals surface area (Å²) in [6.07, 6.45) is 3.51. The standard InChI is InChI=1S/C17H17F2N3O/c18-14-1-2-15(16(19)11-14)17(23)22-9-7-21(8-10-22)12-13-3-5-20-6-4-13/h1-6,11H,7-10,12H2. The molecule has 2 heterocycles. The Balaban J connectivity index is 1.59. The van der Waals surface area contributed by atoms with Crippen molar-refractivity contribution in [2.45, 2.75) is 6.54 Å². The van der Waals surface area contributed by atoms with Gasteiger partial charge in [0.05, 0.1) is 5.56 Å². The maximum atomic E-state index is 13.7. The summed E-state index contributed by atoms with van der Waals surface area (Å²) in [6.45, 7) is 3.30. The van der Waals surface area contributed by atoms with Crippen molar-refractivity contribution in [3.05, 3.63) is 65.5 Å². The fourth-order valence-corrected chi connectivity index (χ4v) is 2.69. The highest BCUT2D eigenvalue weighted by Gasteiger charge is 2.24. The molecule has 1 aliphatic rings. The van der Waals surface area contributed by atoms with Gasteiger partial charge in [-0.2, -0.15) is 0 Å². The number of hydrogen-bond donors (Lipinski definition) is 0. The number of carbonyl (C=O) groups is 1. The zero-order valence-corrected chi connectivity index (χ0v) is 12.6. The Morgan fingerprint density at radius 1 is 1.04 bits per heavy atom. The number of pyridine rings is 1. The van der Waals surface area contributed by atoms with Gasteiger partial charge in [-0.1, -0.05) is 0 Å². The zero-order chi connectivity index (χ0) is 16.2. The minimum absolute atomic E-state index is 0.0750. The molecular weight excluding hydrogens is 300 g/mol. The van der Waals surface area contributed by atoms with Crippen molar-refractivity contribution >= 4 is 5.91 Å². The molecule has 120 valence electrons. The molecule has 0 N–H and O–H groups in total. The number of aromatic nitrogens is 1. The minimum Gasteiger partial charge on any atom is -0.336 e. The first kappa shape index (κ1) is 15.6. The number of nitrogens with zero attached hydrogens (tertiary/aromatic N) is 3. The van der Waals surface area contributed by atoms with Crippen molar-refractivity contribution in [2.75, 3.05) is 26.2 Å². The predicted octanol–water partition coefficient (Wildman–Crippen LogP) is 2.32. The minimum atomic E-state index is -0.811. The van der Waals surface area contributed by atoms with E-state index in [1.54, 1.807) is 17.3 Å². The highest BCUT2D eigenvalue weighted by atomic mass is 19.1. The number of rotatable bonds is 3. The van der Waals surface area contributed by atoms with Crippen LogP contribution in [0.2, 0.25) is 0 Å². The van der Waals surface area contributed by atoms with Gasteiger partial charge < -0.3 is 4.90 Å². The first-order chi connectivity index (χ1) is 11.1. The zero-order valence-electron chi connectivity index (χ0n) is 12.6. The Labute approximate surface area is 133 Å². The molecule has 1 fully saturated rings. The third kappa shape index (κ3) is 3.71. The molecule has 2 aromatic rings. The molecular formula is C17H17F2N3O. The third-order valence-corrected chi connectivity index (χ3v) is 3.98. The lowest BCUT2D eigenvalue weighted by Crippen LogP contribution is -2.48. The van der Waals surface area contributed by atoms with Gasteiger partial charge in [-0.25, -0.2) is 8.78 Å². The van der Waals surface area contributed by atoms with E-state index in [4.69, 9.17) is 0 Å². The molecule has 1 aromatic heterocycles. The molecule has 1 amide bonds. The van der Waals surface area contributed by atoms with Crippen molar-refractivity contribution in [3.63, 3.8) is 0 Å². The number of piperazine rings is 1. The van der Waals surface area contributed by atoms with Gasteiger partial charge >= 0.3 is 0 Å². The number of amides is 1. The molecule has 4 nitrogen and oxygen atoms in total. The number of halogens is 2. The summed E-state index contributed by atoms with van der Waals surface area (Å²) in [5.41, 5.74) is 1.10. The van der Waals surface area contributed by atoms with Crippen LogP contribution < -0.4 is 0 Å². The first-order valence-corrected chi connectivity index (χ1v) is 7.49. The molecule has 3 rings (SSSR count). The molecule has 0 unspecified atom stereocenters. The predicted molar refractivity (Wildman–Crippen MR) is 81.8 cm³/mol. The fraction of sp³-hybridized carbons (Fsp3) is 0.294. The van der Waals surface area contributed by atoms with Gasteiger partial charge in [0.25, 0.3) is 5.91 Å². The summed E-state index contributed by atoms with van der Waals surface area (Å²) >= 11 is 0. The van der Waals surface area contributed by atoms with Crippen LogP contribution in [0.3, 0.4) is 0 Å². The van der Waals surface area contributed by atoms with E-state index in [-0.39, 0.29) is 11.5 Å². The van der Waals surface area contributed by atoms with E-state index in [2.05, 4.69) is 9.88 Å². The Morgan fingerprint density at radius 3 is 2.39 bits per heavy atom. The van der Waals surface area contributed by atoms with Crippen LogP contribution in [0.1, 0.15) is 15.9 Å². The summed E-state index contributed by atoms with van der Waals surface area (Å²) < 4.78 is 26.7. The van der Waals surface area contributed by atoms with Crippen LogP contribution in [0.5, 0.6) is 0 Å². The molecule has 1 saturated heterocycles. The molecule has 1 aliphatic heterocycles. The second kappa shape index (κ2) is 6.83. The van der Waals surface area contributed by atoms with E-state index >= 15 is 0 Å². The van der Waals surface area contributed by atoms with Gasteiger partial charge in [-0.15, -0.1) is 0 Å². The maximum Gasteiger partial charge on any atom is 0.256 e. The molecule has 0 atom stereocenters. The van der Waals surface area contributed by atoms with Crippen LogP contribution in [0.25, 0.3) is 0 Å². The highest BCUT2D eigenvalue weighted by Crippen LogP contribution is 2.15. The van der Waals surface area contributed by atoms with E-state index in [1.807, 2.05) is 12.1 Å². The first-order valence-electron chi connectivity index (χ1n) is 7.49. The lowest BCUT2D eigenvalue weighted by atomic mass is 10.1. The SMILES string of the molecule is O=C(c1ccc(F)cc1F)N1CCN(Cc2ccncc2)CC1. The molecule has 0 aliphatic carbocycles. The summed E-state index contributed by atoms with van der Waals surface area (Å²) in [5, 5.41) is 0. The van der Waals surface area contributed by atoms with Gasteiger partial charge in [0.15, 0.2) is 0 Å².